The average molecular weight is 261 g/mol. The number of amides is 1. The molecule has 1 aromatic rings. The molecule has 0 aliphatic heterocycles. The van der Waals surface area contributed by atoms with Crippen molar-refractivity contribution >= 4 is 28.8 Å². The number of aromatic nitrogens is 1. The van der Waals surface area contributed by atoms with Gasteiger partial charge in [-0.25, -0.2) is 4.98 Å². The topological polar surface area (TPSA) is 33.2 Å². The van der Waals surface area contributed by atoms with Gasteiger partial charge in [-0.3, -0.25) is 4.79 Å². The maximum atomic E-state index is 12.2. The van der Waals surface area contributed by atoms with Crippen LogP contribution in [0.15, 0.2) is 5.51 Å². The molecule has 0 aliphatic carbocycles. The Morgan fingerprint density at radius 1 is 1.62 bits per heavy atom. The molecule has 0 aliphatic rings. The number of halogens is 1. The fourth-order valence-electron chi connectivity index (χ4n) is 1.46. The minimum absolute atomic E-state index is 0.0696. The molecule has 0 bridgehead atoms. The third-order valence-electron chi connectivity index (χ3n) is 2.36. The van der Waals surface area contributed by atoms with Gasteiger partial charge in [0.2, 0.25) is 0 Å². The molecule has 1 rings (SSSR count). The highest BCUT2D eigenvalue weighted by atomic mass is 35.5. The highest BCUT2D eigenvalue weighted by Crippen LogP contribution is 2.17. The van der Waals surface area contributed by atoms with Gasteiger partial charge in [0, 0.05) is 18.5 Å². The van der Waals surface area contributed by atoms with Crippen LogP contribution >= 0.6 is 22.9 Å². The first-order valence-electron chi connectivity index (χ1n) is 5.35. The molecule has 1 heterocycles. The van der Waals surface area contributed by atoms with Crippen molar-refractivity contribution in [2.75, 3.05) is 12.4 Å². The van der Waals surface area contributed by atoms with E-state index < -0.39 is 0 Å². The molecule has 3 nitrogen and oxygen atoms in total. The van der Waals surface area contributed by atoms with E-state index in [-0.39, 0.29) is 11.9 Å². The van der Waals surface area contributed by atoms with Crippen molar-refractivity contribution in [2.45, 2.75) is 33.2 Å². The van der Waals surface area contributed by atoms with Gasteiger partial charge in [-0.1, -0.05) is 0 Å². The fraction of sp³-hybridized carbons (Fsp3) is 0.636. The third kappa shape index (κ3) is 3.19. The molecule has 0 fully saturated rings. The molecule has 0 atom stereocenters. The lowest BCUT2D eigenvalue weighted by Gasteiger charge is -2.26. The summed E-state index contributed by atoms with van der Waals surface area (Å²) in [5.74, 6) is 0.651. The Morgan fingerprint density at radius 2 is 2.31 bits per heavy atom. The van der Waals surface area contributed by atoms with E-state index >= 15 is 0 Å². The summed E-state index contributed by atoms with van der Waals surface area (Å²) >= 11 is 7.06. The molecule has 0 unspecified atom stereocenters. The molecular weight excluding hydrogens is 244 g/mol. The average Bonchev–Trinajstić information content (AvgIpc) is 2.64. The molecule has 1 amide bonds. The molecule has 0 spiro atoms. The van der Waals surface area contributed by atoms with Crippen LogP contribution in [0.2, 0.25) is 0 Å². The molecule has 0 radical (unpaired) electrons. The summed E-state index contributed by atoms with van der Waals surface area (Å²) in [5, 5.41) is 0. The number of hydrogen-bond acceptors (Lipinski definition) is 3. The molecule has 0 saturated heterocycles. The van der Waals surface area contributed by atoms with Gasteiger partial charge in [-0.05, 0) is 27.2 Å². The van der Waals surface area contributed by atoms with E-state index in [4.69, 9.17) is 11.6 Å². The van der Waals surface area contributed by atoms with E-state index in [2.05, 4.69) is 4.98 Å². The Bertz CT molecular complexity index is 352. The van der Waals surface area contributed by atoms with E-state index in [1.165, 1.54) is 11.3 Å². The minimum atomic E-state index is 0.0696. The van der Waals surface area contributed by atoms with Gasteiger partial charge >= 0.3 is 0 Å². The van der Waals surface area contributed by atoms with Gasteiger partial charge in [0.25, 0.3) is 5.91 Å². The van der Waals surface area contributed by atoms with Crippen LogP contribution in [0, 0.1) is 6.92 Å². The van der Waals surface area contributed by atoms with Gasteiger partial charge in [-0.15, -0.1) is 22.9 Å². The van der Waals surface area contributed by atoms with E-state index in [0.29, 0.717) is 12.4 Å². The fourth-order valence-corrected chi connectivity index (χ4v) is 2.34. The van der Waals surface area contributed by atoms with E-state index in [1.807, 2.05) is 25.7 Å². The van der Waals surface area contributed by atoms with Crippen LogP contribution in [0.4, 0.5) is 0 Å². The van der Waals surface area contributed by atoms with E-state index in [9.17, 15) is 4.79 Å². The van der Waals surface area contributed by atoms with Crippen molar-refractivity contribution < 1.29 is 4.79 Å². The van der Waals surface area contributed by atoms with Crippen LogP contribution < -0.4 is 0 Å². The highest BCUT2D eigenvalue weighted by Gasteiger charge is 2.21. The van der Waals surface area contributed by atoms with E-state index in [0.717, 1.165) is 17.0 Å². The Balaban J connectivity index is 2.79. The Kier molecular flexibility index (Phi) is 5.22. The normalized spacial score (nSPS) is 10.8. The maximum absolute atomic E-state index is 12.2. The summed E-state index contributed by atoms with van der Waals surface area (Å²) in [5.41, 5.74) is 2.52. The molecule has 1 aromatic heterocycles. The van der Waals surface area contributed by atoms with Crippen molar-refractivity contribution in [1.29, 1.82) is 0 Å². The lowest BCUT2D eigenvalue weighted by molar-refractivity contribution is 0.0710. The zero-order chi connectivity index (χ0) is 12.1. The Hall–Kier alpha value is -0.610. The van der Waals surface area contributed by atoms with Crippen molar-refractivity contribution in [3.8, 4) is 0 Å². The molecule has 0 saturated carbocycles. The molecule has 16 heavy (non-hydrogen) atoms. The third-order valence-corrected chi connectivity index (χ3v) is 3.54. The van der Waals surface area contributed by atoms with Gasteiger partial charge in [0.05, 0.1) is 11.2 Å². The molecule has 0 N–H and O–H groups in total. The van der Waals surface area contributed by atoms with Crippen LogP contribution in [0.1, 0.15) is 35.6 Å². The summed E-state index contributed by atoms with van der Waals surface area (Å²) < 4.78 is 0. The van der Waals surface area contributed by atoms with E-state index in [1.54, 1.807) is 5.51 Å². The van der Waals surface area contributed by atoms with Crippen molar-refractivity contribution in [1.82, 2.24) is 9.88 Å². The molecule has 90 valence electrons. The van der Waals surface area contributed by atoms with Crippen LogP contribution in [0.5, 0.6) is 0 Å². The van der Waals surface area contributed by atoms with Crippen molar-refractivity contribution in [3.05, 3.63) is 16.1 Å². The smallest absolute Gasteiger partial charge is 0.266 e. The summed E-state index contributed by atoms with van der Waals surface area (Å²) in [6, 6.07) is 0.192. The molecular formula is C11H17ClN2OS. The summed E-state index contributed by atoms with van der Waals surface area (Å²) in [7, 11) is 0. The largest absolute Gasteiger partial charge is 0.335 e. The first kappa shape index (κ1) is 13.5. The van der Waals surface area contributed by atoms with Crippen LogP contribution in [-0.2, 0) is 0 Å². The lowest BCUT2D eigenvalue weighted by atomic mass is 10.2. The second kappa shape index (κ2) is 6.21. The van der Waals surface area contributed by atoms with Gasteiger partial charge in [0.1, 0.15) is 4.88 Å². The summed E-state index contributed by atoms with van der Waals surface area (Å²) in [6.45, 7) is 6.60. The van der Waals surface area contributed by atoms with Crippen LogP contribution in [-0.4, -0.2) is 34.3 Å². The second-order valence-electron chi connectivity index (χ2n) is 3.90. The predicted molar refractivity (Wildman–Crippen MR) is 68.4 cm³/mol. The van der Waals surface area contributed by atoms with Gasteiger partial charge < -0.3 is 4.90 Å². The first-order chi connectivity index (χ1) is 7.57. The number of carbonyl (C=O) groups excluding carboxylic acids is 1. The summed E-state index contributed by atoms with van der Waals surface area (Å²) in [4.78, 5) is 18.9. The zero-order valence-corrected chi connectivity index (χ0v) is 11.4. The minimum Gasteiger partial charge on any atom is -0.335 e. The summed E-state index contributed by atoms with van der Waals surface area (Å²) in [6.07, 6.45) is 0.823. The van der Waals surface area contributed by atoms with Crippen molar-refractivity contribution in [2.24, 2.45) is 0 Å². The highest BCUT2D eigenvalue weighted by molar-refractivity contribution is 7.11. The number of thiazole rings is 1. The van der Waals surface area contributed by atoms with Gasteiger partial charge in [0.15, 0.2) is 0 Å². The van der Waals surface area contributed by atoms with Crippen LogP contribution in [0.3, 0.4) is 0 Å². The number of alkyl halides is 1. The zero-order valence-electron chi connectivity index (χ0n) is 9.86. The maximum Gasteiger partial charge on any atom is 0.266 e. The Labute approximate surface area is 105 Å². The molecule has 0 aromatic carbocycles. The quantitative estimate of drug-likeness (QED) is 0.763. The number of nitrogens with zero attached hydrogens (tertiary/aromatic N) is 2. The number of carbonyl (C=O) groups is 1. The monoisotopic (exact) mass is 260 g/mol. The molecule has 5 heteroatoms. The number of rotatable bonds is 5. The first-order valence-corrected chi connectivity index (χ1v) is 6.76. The SMILES string of the molecule is Cc1ncsc1C(=O)N(CCCCl)C(C)C. The number of aryl methyl sites for hydroxylation is 1. The predicted octanol–water partition coefficient (Wildman–Crippen LogP) is 2.93. The van der Waals surface area contributed by atoms with Crippen LogP contribution in [0.25, 0.3) is 0 Å². The second-order valence-corrected chi connectivity index (χ2v) is 5.13. The Morgan fingerprint density at radius 3 is 2.75 bits per heavy atom. The standard InChI is InChI=1S/C11H17ClN2OS/c1-8(2)14(6-4-5-12)11(15)10-9(3)13-7-16-10/h7-8H,4-6H2,1-3H3. The van der Waals surface area contributed by atoms with Gasteiger partial charge in [-0.2, -0.15) is 0 Å². The van der Waals surface area contributed by atoms with Crippen molar-refractivity contribution in [3.63, 3.8) is 0 Å². The number of hydrogen-bond donors (Lipinski definition) is 0. The lowest BCUT2D eigenvalue weighted by Crippen LogP contribution is -2.37.